The summed E-state index contributed by atoms with van der Waals surface area (Å²) < 4.78 is 19.0. The van der Waals surface area contributed by atoms with Gasteiger partial charge >= 0.3 is 0 Å². The molecule has 0 aromatic heterocycles. The first-order valence-electron chi connectivity index (χ1n) is 5.82. The summed E-state index contributed by atoms with van der Waals surface area (Å²) in [4.78, 5) is 0. The van der Waals surface area contributed by atoms with Crippen LogP contribution >= 0.6 is 27.5 Å². The van der Waals surface area contributed by atoms with Crippen LogP contribution in [0.4, 0.5) is 4.39 Å². The van der Waals surface area contributed by atoms with Gasteiger partial charge in [0, 0.05) is 4.47 Å². The lowest BCUT2D eigenvalue weighted by Crippen LogP contribution is -1.99. The van der Waals surface area contributed by atoms with Crippen molar-refractivity contribution >= 4 is 27.5 Å². The highest BCUT2D eigenvalue weighted by Crippen LogP contribution is 2.33. The number of rotatable bonds is 4. The van der Waals surface area contributed by atoms with Gasteiger partial charge in [-0.25, -0.2) is 4.39 Å². The van der Waals surface area contributed by atoms with Crippen molar-refractivity contribution in [2.75, 3.05) is 7.11 Å². The molecule has 1 nitrogen and oxygen atoms in total. The van der Waals surface area contributed by atoms with Gasteiger partial charge in [0.15, 0.2) is 0 Å². The lowest BCUT2D eigenvalue weighted by atomic mass is 10.0. The predicted molar refractivity (Wildman–Crippen MR) is 79.4 cm³/mol. The fourth-order valence-corrected chi connectivity index (χ4v) is 3.05. The van der Waals surface area contributed by atoms with Crippen molar-refractivity contribution in [1.82, 2.24) is 0 Å². The van der Waals surface area contributed by atoms with E-state index in [9.17, 15) is 4.39 Å². The molecular weight excluding hydrogens is 331 g/mol. The van der Waals surface area contributed by atoms with E-state index in [1.54, 1.807) is 13.2 Å². The van der Waals surface area contributed by atoms with E-state index in [4.69, 9.17) is 16.3 Å². The number of benzene rings is 2. The van der Waals surface area contributed by atoms with E-state index in [0.717, 1.165) is 16.9 Å². The van der Waals surface area contributed by atoms with Crippen molar-refractivity contribution in [2.45, 2.75) is 11.8 Å². The number of para-hydroxylation sites is 1. The summed E-state index contributed by atoms with van der Waals surface area (Å²) in [6.07, 6.45) is 0.621. The third kappa shape index (κ3) is 3.48. The number of ether oxygens (including phenoxy) is 1. The molecule has 0 aliphatic rings. The fourth-order valence-electron chi connectivity index (χ4n) is 1.93. The molecule has 2 aromatic rings. The molecule has 19 heavy (non-hydrogen) atoms. The molecule has 100 valence electrons. The third-order valence-corrected chi connectivity index (χ3v) is 3.97. The zero-order chi connectivity index (χ0) is 13.8. The Morgan fingerprint density at radius 2 is 2.00 bits per heavy atom. The second kappa shape index (κ2) is 6.40. The monoisotopic (exact) mass is 342 g/mol. The van der Waals surface area contributed by atoms with Crippen LogP contribution in [0.5, 0.6) is 5.75 Å². The second-order valence-electron chi connectivity index (χ2n) is 4.15. The summed E-state index contributed by atoms with van der Waals surface area (Å²) in [5, 5.41) is -0.244. The molecule has 0 amide bonds. The van der Waals surface area contributed by atoms with Gasteiger partial charge in [0.1, 0.15) is 11.6 Å². The van der Waals surface area contributed by atoms with E-state index in [-0.39, 0.29) is 11.2 Å². The molecule has 4 heteroatoms. The minimum atomic E-state index is -0.281. The van der Waals surface area contributed by atoms with Gasteiger partial charge in [-0.05, 0) is 35.7 Å². The van der Waals surface area contributed by atoms with Gasteiger partial charge in [0.25, 0.3) is 0 Å². The number of methoxy groups -OCH3 is 1. The lowest BCUT2D eigenvalue weighted by Gasteiger charge is -2.14. The molecule has 0 radical (unpaired) electrons. The number of hydrogen-bond donors (Lipinski definition) is 0. The SMILES string of the molecule is COc1ccccc1CC(Cl)c1ccc(F)cc1Br. The Balaban J connectivity index is 2.23. The van der Waals surface area contributed by atoms with Gasteiger partial charge in [-0.1, -0.05) is 40.2 Å². The Morgan fingerprint density at radius 1 is 1.26 bits per heavy atom. The zero-order valence-corrected chi connectivity index (χ0v) is 12.7. The lowest BCUT2D eigenvalue weighted by molar-refractivity contribution is 0.409. The van der Waals surface area contributed by atoms with Crippen molar-refractivity contribution in [3.05, 3.63) is 63.9 Å². The first-order chi connectivity index (χ1) is 9.11. The normalized spacial score (nSPS) is 12.2. The summed E-state index contributed by atoms with van der Waals surface area (Å²) >= 11 is 9.76. The van der Waals surface area contributed by atoms with E-state index >= 15 is 0 Å². The standard InChI is InChI=1S/C15H13BrClFO/c1-19-15-5-3-2-4-10(15)8-14(17)12-7-6-11(18)9-13(12)16/h2-7,9,14H,8H2,1H3. The second-order valence-corrected chi connectivity index (χ2v) is 5.53. The molecule has 0 spiro atoms. The molecule has 0 saturated carbocycles. The topological polar surface area (TPSA) is 9.23 Å². The number of hydrogen-bond acceptors (Lipinski definition) is 1. The highest BCUT2D eigenvalue weighted by atomic mass is 79.9. The summed E-state index contributed by atoms with van der Waals surface area (Å²) in [7, 11) is 1.63. The highest BCUT2D eigenvalue weighted by molar-refractivity contribution is 9.10. The molecule has 0 fully saturated rings. The van der Waals surface area contributed by atoms with E-state index in [1.807, 2.05) is 24.3 Å². The van der Waals surface area contributed by atoms with Gasteiger partial charge in [-0.15, -0.1) is 11.6 Å². The van der Waals surface area contributed by atoms with Crippen LogP contribution in [0.2, 0.25) is 0 Å². The molecule has 0 saturated heterocycles. The summed E-state index contributed by atoms with van der Waals surface area (Å²) in [5.74, 6) is 0.531. The van der Waals surface area contributed by atoms with Crippen LogP contribution in [0.25, 0.3) is 0 Å². The van der Waals surface area contributed by atoms with Crippen LogP contribution in [0.15, 0.2) is 46.9 Å². The molecule has 2 aromatic carbocycles. The molecule has 0 aliphatic carbocycles. The molecule has 1 atom stereocenters. The van der Waals surface area contributed by atoms with Crippen LogP contribution in [0.1, 0.15) is 16.5 Å². The quantitative estimate of drug-likeness (QED) is 0.700. The van der Waals surface area contributed by atoms with E-state index < -0.39 is 0 Å². The summed E-state index contributed by atoms with van der Waals surface area (Å²) in [6.45, 7) is 0. The number of alkyl halides is 1. The number of halogens is 3. The minimum absolute atomic E-state index is 0.244. The summed E-state index contributed by atoms with van der Waals surface area (Å²) in [6, 6.07) is 12.3. The molecule has 1 unspecified atom stereocenters. The van der Waals surface area contributed by atoms with Gasteiger partial charge in [-0.2, -0.15) is 0 Å². The van der Waals surface area contributed by atoms with Crippen molar-refractivity contribution in [3.8, 4) is 5.75 Å². The zero-order valence-electron chi connectivity index (χ0n) is 10.4. The van der Waals surface area contributed by atoms with Crippen LogP contribution in [-0.2, 0) is 6.42 Å². The Labute approximate surface area is 125 Å². The average Bonchev–Trinajstić information content (AvgIpc) is 2.39. The van der Waals surface area contributed by atoms with E-state index in [2.05, 4.69) is 15.9 Å². The average molecular weight is 344 g/mol. The van der Waals surface area contributed by atoms with Crippen LogP contribution in [0.3, 0.4) is 0 Å². The van der Waals surface area contributed by atoms with Gasteiger partial charge in [-0.3, -0.25) is 0 Å². The molecular formula is C15H13BrClFO. The minimum Gasteiger partial charge on any atom is -0.496 e. The van der Waals surface area contributed by atoms with Crippen LogP contribution in [0, 0.1) is 5.82 Å². The maximum atomic E-state index is 13.1. The van der Waals surface area contributed by atoms with Crippen LogP contribution < -0.4 is 4.74 Å². The maximum absolute atomic E-state index is 13.1. The van der Waals surface area contributed by atoms with Gasteiger partial charge in [0.05, 0.1) is 12.5 Å². The Hall–Kier alpha value is -1.06. The van der Waals surface area contributed by atoms with Gasteiger partial charge in [0.2, 0.25) is 0 Å². The van der Waals surface area contributed by atoms with E-state index in [1.165, 1.54) is 12.1 Å². The largest absolute Gasteiger partial charge is 0.496 e. The molecule has 2 rings (SSSR count). The maximum Gasteiger partial charge on any atom is 0.124 e. The smallest absolute Gasteiger partial charge is 0.124 e. The van der Waals surface area contributed by atoms with Crippen molar-refractivity contribution in [1.29, 1.82) is 0 Å². The van der Waals surface area contributed by atoms with E-state index in [0.29, 0.717) is 10.9 Å². The van der Waals surface area contributed by atoms with Gasteiger partial charge < -0.3 is 4.74 Å². The highest BCUT2D eigenvalue weighted by Gasteiger charge is 2.15. The third-order valence-electron chi connectivity index (χ3n) is 2.89. The molecule has 0 bridgehead atoms. The first kappa shape index (κ1) is 14.4. The van der Waals surface area contributed by atoms with Crippen molar-refractivity contribution in [3.63, 3.8) is 0 Å². The molecule has 0 aliphatic heterocycles. The van der Waals surface area contributed by atoms with Crippen LogP contribution in [-0.4, -0.2) is 7.11 Å². The molecule has 0 heterocycles. The van der Waals surface area contributed by atoms with Crippen molar-refractivity contribution in [2.24, 2.45) is 0 Å². The Morgan fingerprint density at radius 3 is 2.68 bits per heavy atom. The summed E-state index contributed by atoms with van der Waals surface area (Å²) in [5.41, 5.74) is 1.90. The Kier molecular flexibility index (Phi) is 4.83. The van der Waals surface area contributed by atoms with Crippen molar-refractivity contribution < 1.29 is 9.13 Å². The Bertz CT molecular complexity index is 574. The fraction of sp³-hybridized carbons (Fsp3) is 0.200. The first-order valence-corrected chi connectivity index (χ1v) is 7.05. The predicted octanol–water partition coefficient (Wildman–Crippen LogP) is 5.12. The molecule has 0 N–H and O–H groups in total.